The average Bonchev–Trinajstić information content (AvgIpc) is 2.11. The Morgan fingerprint density at radius 2 is 0.842 bits per heavy atom. The lowest BCUT2D eigenvalue weighted by atomic mass is 10.0. The van der Waals surface area contributed by atoms with E-state index in [1.165, 1.54) is 4.57 Å². The minimum Gasteiger partial charge on any atom is -0.309 e. The van der Waals surface area contributed by atoms with Gasteiger partial charge in [0.1, 0.15) is 0 Å². The molecule has 0 aliphatic heterocycles. The fraction of sp³-hybridized carbons (Fsp3) is 0. The Labute approximate surface area is 361 Å². The highest BCUT2D eigenvalue weighted by Crippen LogP contribution is 2.41. The maximum atomic E-state index is 10.3. The first-order valence-corrected chi connectivity index (χ1v) is 17.7. The molecule has 0 saturated heterocycles. The fourth-order valence-electron chi connectivity index (χ4n) is 7.65. The lowest BCUT2D eigenvalue weighted by Crippen LogP contribution is -1.97. The Kier molecular flexibility index (Phi) is 3.63. The molecule has 3 nitrogen and oxygen atoms in total. The summed E-state index contributed by atoms with van der Waals surface area (Å²) in [6, 6.07) is 3.36. The molecule has 0 aliphatic rings. The van der Waals surface area contributed by atoms with Gasteiger partial charge in [-0.05, 0) is 88.8 Å². The molecule has 9 aromatic carbocycles. The SMILES string of the molecule is [2H]c1c([2H])c([2H])c(-c2c([2H])c([2H])c3c4c([2H])c(-n5c6c([2H])c([2H])c([2H])c([2H])c6c6c([2H])c([2H])c(-c7c([2H])c([2H])c([2H])c([2H])c7[2H])c([2H])c65)c([2H])c([2H])c4n(-c4ccc5c6ccccc6n(-c6ccccc6)c5c4)c3c2[2H])c([2H])c1[2H]. The summed E-state index contributed by atoms with van der Waals surface area (Å²) in [5, 5.41) is -0.134. The van der Waals surface area contributed by atoms with Crippen molar-refractivity contribution in [2.45, 2.75) is 0 Å². The van der Waals surface area contributed by atoms with E-state index in [1.54, 1.807) is 18.2 Å². The summed E-state index contributed by atoms with van der Waals surface area (Å²) >= 11 is 0. The van der Waals surface area contributed by atoms with Crippen molar-refractivity contribution >= 4 is 65.4 Å². The van der Waals surface area contributed by atoms with Crippen LogP contribution in [0.3, 0.4) is 0 Å². The second kappa shape index (κ2) is 12.5. The van der Waals surface area contributed by atoms with Gasteiger partial charge in [0.15, 0.2) is 0 Å². The van der Waals surface area contributed by atoms with Gasteiger partial charge in [-0.15, -0.1) is 0 Å². The molecule has 0 unspecified atom stereocenters. The minimum atomic E-state index is -0.868. The average molecular weight is 749 g/mol. The smallest absolute Gasteiger partial charge is 0.0652 e. The summed E-state index contributed by atoms with van der Waals surface area (Å²) in [5.74, 6) is 0. The number of aromatic nitrogens is 3. The highest BCUT2D eigenvalue weighted by atomic mass is 15.0. The predicted octanol–water partition coefficient (Wildman–Crippen LogP) is 14.3. The number of nitrogens with zero attached hydrogens (tertiary/aromatic N) is 3. The topological polar surface area (TPSA) is 14.8 Å². The Balaban J connectivity index is 1.32. The van der Waals surface area contributed by atoms with Gasteiger partial charge in [0.05, 0.1) is 64.6 Å². The Morgan fingerprint density at radius 3 is 1.58 bits per heavy atom. The molecule has 0 saturated carbocycles. The Bertz CT molecular complexity index is 4810. The van der Waals surface area contributed by atoms with Crippen LogP contribution in [0.15, 0.2) is 212 Å². The van der Waals surface area contributed by atoms with Gasteiger partial charge in [-0.1, -0.05) is 145 Å². The summed E-state index contributed by atoms with van der Waals surface area (Å²) in [6.07, 6.45) is 0. The van der Waals surface area contributed by atoms with Crippen LogP contribution in [0.25, 0.3) is 105 Å². The summed E-state index contributed by atoms with van der Waals surface area (Å²) in [7, 11) is 0. The molecular formula is C54H35N3. The van der Waals surface area contributed by atoms with Crippen LogP contribution in [0.1, 0.15) is 31.5 Å². The number of fused-ring (bicyclic) bond motifs is 9. The summed E-state index contributed by atoms with van der Waals surface area (Å²) < 4.78 is 215. The molecule has 0 atom stereocenters. The molecule has 57 heavy (non-hydrogen) atoms. The van der Waals surface area contributed by atoms with Crippen LogP contribution >= 0.6 is 0 Å². The quantitative estimate of drug-likeness (QED) is 0.166. The summed E-state index contributed by atoms with van der Waals surface area (Å²) in [4.78, 5) is 0. The van der Waals surface area contributed by atoms with E-state index in [1.807, 2.05) is 59.2 Å². The van der Waals surface area contributed by atoms with Crippen LogP contribution < -0.4 is 0 Å². The first-order chi connectivity index (χ1) is 37.9. The lowest BCUT2D eigenvalue weighted by Gasteiger charge is -2.12. The number of benzene rings is 9. The van der Waals surface area contributed by atoms with Crippen molar-refractivity contribution in [3.63, 3.8) is 0 Å². The number of hydrogen-bond donors (Lipinski definition) is 0. The maximum Gasteiger partial charge on any atom is 0.0652 e. The van der Waals surface area contributed by atoms with Crippen LogP contribution in [0.4, 0.5) is 0 Å². The van der Waals surface area contributed by atoms with Gasteiger partial charge in [0.2, 0.25) is 0 Å². The molecule has 3 heterocycles. The van der Waals surface area contributed by atoms with Crippen molar-refractivity contribution in [2.24, 2.45) is 0 Å². The van der Waals surface area contributed by atoms with E-state index in [0.717, 1.165) is 26.5 Å². The summed E-state index contributed by atoms with van der Waals surface area (Å²) in [6.45, 7) is 0. The third-order valence-electron chi connectivity index (χ3n) is 10.1. The monoisotopic (exact) mass is 748 g/mol. The number of para-hydroxylation sites is 3. The van der Waals surface area contributed by atoms with Gasteiger partial charge in [-0.2, -0.15) is 0 Å². The third kappa shape index (κ3) is 4.86. The molecule has 0 aliphatic carbocycles. The second-order valence-corrected chi connectivity index (χ2v) is 13.2. The fourth-order valence-corrected chi connectivity index (χ4v) is 7.65. The van der Waals surface area contributed by atoms with Gasteiger partial charge < -0.3 is 13.7 Å². The lowest BCUT2D eigenvalue weighted by molar-refractivity contribution is 1.15. The molecule has 0 N–H and O–H groups in total. The van der Waals surface area contributed by atoms with E-state index in [2.05, 4.69) is 0 Å². The zero-order valence-electron chi connectivity index (χ0n) is 52.3. The predicted molar refractivity (Wildman–Crippen MR) is 240 cm³/mol. The van der Waals surface area contributed by atoms with E-state index in [9.17, 15) is 13.7 Å². The molecule has 0 amide bonds. The zero-order valence-corrected chi connectivity index (χ0v) is 29.3. The van der Waals surface area contributed by atoms with Crippen LogP contribution in [0.2, 0.25) is 0 Å². The number of rotatable bonds is 5. The highest BCUT2D eigenvalue weighted by molar-refractivity contribution is 6.14. The van der Waals surface area contributed by atoms with Crippen LogP contribution in [0, 0.1) is 0 Å². The Hall–Kier alpha value is -7.62. The van der Waals surface area contributed by atoms with E-state index in [0.29, 0.717) is 5.52 Å². The van der Waals surface area contributed by atoms with Crippen molar-refractivity contribution in [3.05, 3.63) is 212 Å². The second-order valence-electron chi connectivity index (χ2n) is 13.2. The third-order valence-corrected chi connectivity index (χ3v) is 10.1. The molecule has 0 radical (unpaired) electrons. The van der Waals surface area contributed by atoms with Crippen molar-refractivity contribution in [1.82, 2.24) is 13.7 Å². The highest BCUT2D eigenvalue weighted by Gasteiger charge is 2.19. The molecule has 3 heteroatoms. The van der Waals surface area contributed by atoms with E-state index < -0.39 is 194 Å². The van der Waals surface area contributed by atoms with Crippen LogP contribution in [-0.2, 0) is 0 Å². The van der Waals surface area contributed by atoms with Gasteiger partial charge in [0, 0.05) is 49.4 Å². The Morgan fingerprint density at radius 1 is 0.281 bits per heavy atom. The molecule has 0 fully saturated rings. The van der Waals surface area contributed by atoms with E-state index in [-0.39, 0.29) is 22.1 Å². The van der Waals surface area contributed by atoms with Gasteiger partial charge in [-0.3, -0.25) is 0 Å². The van der Waals surface area contributed by atoms with Crippen molar-refractivity contribution < 1.29 is 31.5 Å². The van der Waals surface area contributed by atoms with Crippen LogP contribution in [-0.4, -0.2) is 13.7 Å². The van der Waals surface area contributed by atoms with Gasteiger partial charge >= 0.3 is 0 Å². The van der Waals surface area contributed by atoms with Crippen molar-refractivity contribution in [3.8, 4) is 39.3 Å². The minimum absolute atomic E-state index is 0.166. The molecule has 0 bridgehead atoms. The first kappa shape index (κ1) is 16.6. The molecule has 3 aromatic heterocycles. The van der Waals surface area contributed by atoms with Crippen molar-refractivity contribution in [1.29, 1.82) is 0 Å². The van der Waals surface area contributed by atoms with Gasteiger partial charge in [-0.25, -0.2) is 0 Å². The standard InChI is InChI=1S/C54H35N3/c1-4-14-36(15-5-1)38-24-28-45-43-20-11-13-23-50(43)56(52(45)32-38)41-27-31-51-48(34-41)47-29-25-39(37-16-6-2-7-17-37)33-53(47)57(51)42-26-30-46-44-21-10-12-22-49(44)55(54(46)35-42)40-18-8-3-9-19-40/h1-35H/i1D,2D,4D,5D,6D,7D,11D,13D,14D,15D,16D,17D,20D,23D,24D,25D,27D,28D,29D,31D,32D,33D,34D. The molecule has 266 valence electrons. The van der Waals surface area contributed by atoms with Gasteiger partial charge in [0.25, 0.3) is 0 Å². The van der Waals surface area contributed by atoms with Crippen molar-refractivity contribution in [2.75, 3.05) is 0 Å². The van der Waals surface area contributed by atoms with E-state index >= 15 is 0 Å². The zero-order chi connectivity index (χ0) is 57.5. The summed E-state index contributed by atoms with van der Waals surface area (Å²) in [5.41, 5.74) is -2.73. The molecular weight excluding hydrogens is 691 g/mol. The van der Waals surface area contributed by atoms with E-state index in [4.69, 9.17) is 17.8 Å². The molecule has 12 aromatic rings. The van der Waals surface area contributed by atoms with Crippen LogP contribution in [0.5, 0.6) is 0 Å². The first-order valence-electron chi connectivity index (χ1n) is 29.2. The molecule has 12 rings (SSSR count). The maximum absolute atomic E-state index is 10.3. The molecule has 0 spiro atoms. The normalized spacial score (nSPS) is 17.5. The largest absolute Gasteiger partial charge is 0.309 e. The number of hydrogen-bond acceptors (Lipinski definition) is 0.